The molecule has 122 valence electrons. The SMILES string of the molecule is COC(=O)CCC(=O)C1=C(O)c2cc(Br)ccc2C(C)(C)C1=O. The zero-order valence-electron chi connectivity index (χ0n) is 13.1. The Morgan fingerprint density at radius 3 is 2.52 bits per heavy atom. The van der Waals surface area contributed by atoms with Crippen LogP contribution in [0.5, 0.6) is 0 Å². The van der Waals surface area contributed by atoms with Crippen LogP contribution in [0.4, 0.5) is 0 Å². The van der Waals surface area contributed by atoms with E-state index >= 15 is 0 Å². The number of rotatable bonds is 4. The fourth-order valence-corrected chi connectivity index (χ4v) is 3.00. The van der Waals surface area contributed by atoms with Gasteiger partial charge in [0.2, 0.25) is 0 Å². The van der Waals surface area contributed by atoms with Crippen molar-refractivity contribution in [2.75, 3.05) is 7.11 Å². The Kier molecular flexibility index (Phi) is 4.75. The molecule has 5 nitrogen and oxygen atoms in total. The van der Waals surface area contributed by atoms with E-state index in [1.165, 1.54) is 7.11 Å². The number of methoxy groups -OCH3 is 1. The number of hydrogen-bond donors (Lipinski definition) is 1. The Morgan fingerprint density at radius 1 is 1.26 bits per heavy atom. The molecule has 1 aliphatic carbocycles. The molecular formula is C17H17BrO5. The van der Waals surface area contributed by atoms with E-state index in [9.17, 15) is 19.5 Å². The molecule has 0 fully saturated rings. The Hall–Kier alpha value is -1.95. The van der Waals surface area contributed by atoms with Crippen molar-refractivity contribution in [1.29, 1.82) is 0 Å². The number of hydrogen-bond acceptors (Lipinski definition) is 5. The summed E-state index contributed by atoms with van der Waals surface area (Å²) in [5.74, 6) is -1.87. The van der Waals surface area contributed by atoms with Crippen molar-refractivity contribution in [3.05, 3.63) is 39.4 Å². The first-order chi connectivity index (χ1) is 10.7. The molecule has 1 aromatic carbocycles. The standard InChI is InChI=1S/C17H17BrO5/c1-17(2)11-5-4-9(18)8-10(11)15(21)14(16(17)22)12(19)6-7-13(20)23-3/h4-5,8,21H,6-7H2,1-3H3. The fraction of sp³-hybridized carbons (Fsp3) is 0.353. The van der Waals surface area contributed by atoms with Gasteiger partial charge in [-0.25, -0.2) is 0 Å². The van der Waals surface area contributed by atoms with Crippen LogP contribution >= 0.6 is 15.9 Å². The number of ketones is 2. The van der Waals surface area contributed by atoms with Crippen molar-refractivity contribution in [3.63, 3.8) is 0 Å². The minimum absolute atomic E-state index is 0.134. The van der Waals surface area contributed by atoms with Crippen LogP contribution in [0, 0.1) is 0 Å². The summed E-state index contributed by atoms with van der Waals surface area (Å²) in [4.78, 5) is 36.2. The molecule has 1 aromatic rings. The summed E-state index contributed by atoms with van der Waals surface area (Å²) in [6.07, 6.45) is -0.317. The second kappa shape index (κ2) is 6.28. The predicted octanol–water partition coefficient (Wildman–Crippen LogP) is 3.10. The third kappa shape index (κ3) is 3.08. The summed E-state index contributed by atoms with van der Waals surface area (Å²) in [6.45, 7) is 3.42. The van der Waals surface area contributed by atoms with E-state index in [0.717, 1.165) is 4.47 Å². The number of carbonyl (C=O) groups excluding carboxylic acids is 3. The summed E-state index contributed by atoms with van der Waals surface area (Å²) in [6, 6.07) is 5.21. The Bertz CT molecular complexity index is 730. The van der Waals surface area contributed by atoms with E-state index < -0.39 is 23.0 Å². The van der Waals surface area contributed by atoms with Crippen molar-refractivity contribution in [1.82, 2.24) is 0 Å². The highest BCUT2D eigenvalue weighted by Gasteiger charge is 2.42. The minimum atomic E-state index is -0.932. The highest BCUT2D eigenvalue weighted by molar-refractivity contribution is 9.10. The Labute approximate surface area is 142 Å². The van der Waals surface area contributed by atoms with Gasteiger partial charge in [-0.2, -0.15) is 0 Å². The zero-order valence-corrected chi connectivity index (χ0v) is 14.7. The van der Waals surface area contributed by atoms with E-state index in [1.807, 2.05) is 0 Å². The van der Waals surface area contributed by atoms with E-state index in [-0.39, 0.29) is 24.2 Å². The average Bonchev–Trinajstić information content (AvgIpc) is 2.50. The smallest absolute Gasteiger partial charge is 0.305 e. The van der Waals surface area contributed by atoms with Crippen LogP contribution in [0.25, 0.3) is 5.76 Å². The molecule has 1 N–H and O–H groups in total. The largest absolute Gasteiger partial charge is 0.506 e. The van der Waals surface area contributed by atoms with Crippen molar-refractivity contribution >= 4 is 39.2 Å². The summed E-state index contributed by atoms with van der Waals surface area (Å²) < 4.78 is 5.22. The lowest BCUT2D eigenvalue weighted by atomic mass is 9.70. The number of aliphatic hydroxyl groups is 1. The van der Waals surface area contributed by atoms with Crippen LogP contribution in [0.3, 0.4) is 0 Å². The van der Waals surface area contributed by atoms with Gasteiger partial charge in [0.15, 0.2) is 11.6 Å². The van der Waals surface area contributed by atoms with Gasteiger partial charge in [0.25, 0.3) is 0 Å². The molecule has 2 rings (SSSR count). The highest BCUT2D eigenvalue weighted by Crippen LogP contribution is 2.40. The van der Waals surface area contributed by atoms with Crippen LogP contribution in [0.1, 0.15) is 37.8 Å². The maximum atomic E-state index is 12.7. The van der Waals surface area contributed by atoms with Gasteiger partial charge in [0.05, 0.1) is 18.9 Å². The number of ether oxygens (including phenoxy) is 1. The lowest BCUT2D eigenvalue weighted by Crippen LogP contribution is -2.37. The number of esters is 1. The van der Waals surface area contributed by atoms with Crippen LogP contribution in [-0.2, 0) is 24.5 Å². The van der Waals surface area contributed by atoms with Gasteiger partial charge < -0.3 is 9.84 Å². The molecular weight excluding hydrogens is 364 g/mol. The van der Waals surface area contributed by atoms with Gasteiger partial charge in [0, 0.05) is 16.5 Å². The number of benzene rings is 1. The molecule has 0 atom stereocenters. The quantitative estimate of drug-likeness (QED) is 0.640. The van der Waals surface area contributed by atoms with Crippen molar-refractivity contribution in [2.24, 2.45) is 0 Å². The van der Waals surface area contributed by atoms with Crippen LogP contribution in [0.2, 0.25) is 0 Å². The molecule has 1 aliphatic rings. The van der Waals surface area contributed by atoms with Gasteiger partial charge in [-0.15, -0.1) is 0 Å². The maximum absolute atomic E-state index is 12.7. The number of aliphatic hydroxyl groups excluding tert-OH is 1. The average molecular weight is 381 g/mol. The predicted molar refractivity (Wildman–Crippen MR) is 88.0 cm³/mol. The topological polar surface area (TPSA) is 80.7 Å². The van der Waals surface area contributed by atoms with E-state index in [0.29, 0.717) is 11.1 Å². The molecule has 0 amide bonds. The van der Waals surface area contributed by atoms with Crippen LogP contribution < -0.4 is 0 Å². The summed E-state index contributed by atoms with van der Waals surface area (Å²) in [5, 5.41) is 10.4. The second-order valence-electron chi connectivity index (χ2n) is 5.87. The molecule has 0 radical (unpaired) electrons. The molecule has 0 aliphatic heterocycles. The van der Waals surface area contributed by atoms with Crippen molar-refractivity contribution < 1.29 is 24.2 Å². The van der Waals surface area contributed by atoms with Gasteiger partial charge >= 0.3 is 5.97 Å². The third-order valence-electron chi connectivity index (χ3n) is 4.00. The van der Waals surface area contributed by atoms with Crippen molar-refractivity contribution in [2.45, 2.75) is 32.1 Å². The first-order valence-corrected chi connectivity index (χ1v) is 7.88. The highest BCUT2D eigenvalue weighted by atomic mass is 79.9. The van der Waals surface area contributed by atoms with Gasteiger partial charge in [-0.3, -0.25) is 14.4 Å². The number of fused-ring (bicyclic) bond motifs is 1. The number of Topliss-reactive ketones (excluding diaryl/α,β-unsaturated/α-hetero) is 2. The first-order valence-electron chi connectivity index (χ1n) is 7.08. The molecule has 0 saturated heterocycles. The van der Waals surface area contributed by atoms with Gasteiger partial charge in [-0.05, 0) is 31.5 Å². The minimum Gasteiger partial charge on any atom is -0.506 e. The first kappa shape index (κ1) is 17.4. The summed E-state index contributed by atoms with van der Waals surface area (Å²) in [5.41, 5.74) is -0.0685. The second-order valence-corrected chi connectivity index (χ2v) is 6.78. The van der Waals surface area contributed by atoms with E-state index in [4.69, 9.17) is 0 Å². The lowest BCUT2D eigenvalue weighted by Gasteiger charge is -2.32. The molecule has 0 bridgehead atoms. The van der Waals surface area contributed by atoms with Gasteiger partial charge in [-0.1, -0.05) is 22.0 Å². The number of allylic oxidation sites excluding steroid dienone is 1. The lowest BCUT2D eigenvalue weighted by molar-refractivity contribution is -0.141. The Balaban J connectivity index is 2.49. The summed E-state index contributed by atoms with van der Waals surface area (Å²) in [7, 11) is 1.23. The summed E-state index contributed by atoms with van der Waals surface area (Å²) >= 11 is 3.32. The Morgan fingerprint density at radius 2 is 1.91 bits per heavy atom. The zero-order chi connectivity index (χ0) is 17.4. The van der Waals surface area contributed by atoms with Crippen LogP contribution in [-0.4, -0.2) is 29.8 Å². The molecule has 0 saturated carbocycles. The molecule has 0 heterocycles. The van der Waals surface area contributed by atoms with Crippen LogP contribution in [0.15, 0.2) is 28.2 Å². The molecule has 0 aromatic heterocycles. The molecule has 0 spiro atoms. The maximum Gasteiger partial charge on any atom is 0.305 e. The van der Waals surface area contributed by atoms with Gasteiger partial charge in [0.1, 0.15) is 11.3 Å². The molecule has 6 heteroatoms. The normalized spacial score (nSPS) is 16.1. The van der Waals surface area contributed by atoms with E-state index in [2.05, 4.69) is 20.7 Å². The number of halogens is 1. The van der Waals surface area contributed by atoms with Crippen molar-refractivity contribution in [3.8, 4) is 0 Å². The fourth-order valence-electron chi connectivity index (χ4n) is 2.64. The monoisotopic (exact) mass is 380 g/mol. The number of carbonyl (C=O) groups is 3. The third-order valence-corrected chi connectivity index (χ3v) is 4.50. The molecule has 23 heavy (non-hydrogen) atoms. The molecule has 0 unspecified atom stereocenters. The van der Waals surface area contributed by atoms with E-state index in [1.54, 1.807) is 32.0 Å².